The predicted molar refractivity (Wildman–Crippen MR) is 170 cm³/mol. The van der Waals surface area contributed by atoms with Crippen molar-refractivity contribution in [3.05, 3.63) is 98.1 Å². The lowest BCUT2D eigenvalue weighted by atomic mass is 9.57. The van der Waals surface area contributed by atoms with Crippen LogP contribution in [0.3, 0.4) is 0 Å². The van der Waals surface area contributed by atoms with Gasteiger partial charge in [0.25, 0.3) is 11.4 Å². The lowest BCUT2D eigenvalue weighted by molar-refractivity contribution is -0.385. The Morgan fingerprint density at radius 3 is 1.73 bits per heavy atom. The smallest absolute Gasteiger partial charge is 0.271 e. The first-order valence-electron chi connectivity index (χ1n) is 15.4. The largest absolute Gasteiger partial charge is 0.508 e. The van der Waals surface area contributed by atoms with Crippen molar-refractivity contribution in [2.75, 3.05) is 24.0 Å². The van der Waals surface area contributed by atoms with Crippen LogP contribution in [0.2, 0.25) is 0 Å². The van der Waals surface area contributed by atoms with Gasteiger partial charge in [-0.05, 0) is 30.9 Å². The molecule has 49 heavy (non-hydrogen) atoms. The van der Waals surface area contributed by atoms with Crippen LogP contribution in [0, 0.1) is 49.8 Å². The molecular formula is C34H28N4O11. The van der Waals surface area contributed by atoms with Gasteiger partial charge in [-0.15, -0.1) is 0 Å². The van der Waals surface area contributed by atoms with Crippen LogP contribution in [0.4, 0.5) is 22.7 Å². The van der Waals surface area contributed by atoms with E-state index in [2.05, 4.69) is 0 Å². The molecule has 6 unspecified atom stereocenters. The molecule has 2 saturated heterocycles. The molecule has 4 amide bonds. The fraction of sp³-hybridized carbons (Fsp3) is 0.294. The van der Waals surface area contributed by atoms with Gasteiger partial charge in [0.05, 0.1) is 59.1 Å². The standard InChI is InChI=1S/C34H28N4O11/c1-48-25-13-20(39)14-26(49-2)30(25)28-21-9-10-22-27(33(42)35(31(22)40)16-5-3-7-18(11-16)37(44)45)23(21)15-24-29(28)34(43)36(32(24)41)17-6-4-8-19(12-17)38(46)47/h3-9,11-14,22-24,27-29,39H,10,15H2,1-2H3. The van der Waals surface area contributed by atoms with Gasteiger partial charge in [0.1, 0.15) is 17.2 Å². The number of hydrogen-bond acceptors (Lipinski definition) is 11. The number of nitro groups is 2. The van der Waals surface area contributed by atoms with Gasteiger partial charge < -0.3 is 14.6 Å². The highest BCUT2D eigenvalue weighted by Crippen LogP contribution is 2.61. The molecule has 15 nitrogen and oxygen atoms in total. The van der Waals surface area contributed by atoms with Gasteiger partial charge in [-0.25, -0.2) is 9.80 Å². The molecule has 3 aromatic carbocycles. The monoisotopic (exact) mass is 668 g/mol. The van der Waals surface area contributed by atoms with Crippen LogP contribution in [-0.4, -0.2) is 52.8 Å². The average Bonchev–Trinajstić information content (AvgIpc) is 3.50. The van der Waals surface area contributed by atoms with Gasteiger partial charge in [0.15, 0.2) is 0 Å². The molecular weight excluding hydrogens is 640 g/mol. The number of rotatable bonds is 7. The molecule has 7 rings (SSSR count). The van der Waals surface area contributed by atoms with Gasteiger partial charge in [0.2, 0.25) is 23.6 Å². The molecule has 3 aromatic rings. The zero-order valence-corrected chi connectivity index (χ0v) is 26.0. The van der Waals surface area contributed by atoms with Gasteiger partial charge in [-0.1, -0.05) is 23.8 Å². The third-order valence-corrected chi connectivity index (χ3v) is 10.1. The number of imide groups is 2. The highest BCUT2D eigenvalue weighted by Gasteiger charge is 2.63. The van der Waals surface area contributed by atoms with Crippen molar-refractivity contribution < 1.29 is 43.6 Å². The Morgan fingerprint density at radius 1 is 0.714 bits per heavy atom. The number of phenolic OH excluding ortho intramolecular Hbond substituents is 1. The van der Waals surface area contributed by atoms with Crippen LogP contribution < -0.4 is 19.3 Å². The zero-order valence-electron chi connectivity index (χ0n) is 26.0. The third-order valence-electron chi connectivity index (χ3n) is 10.1. The van der Waals surface area contributed by atoms with Crippen molar-refractivity contribution in [3.63, 3.8) is 0 Å². The Kier molecular flexibility index (Phi) is 7.41. The molecule has 4 aliphatic rings. The quantitative estimate of drug-likeness (QED) is 0.163. The summed E-state index contributed by atoms with van der Waals surface area (Å²) >= 11 is 0. The number of carbonyl (C=O) groups is 4. The van der Waals surface area contributed by atoms with Crippen LogP contribution in [0.1, 0.15) is 24.3 Å². The summed E-state index contributed by atoms with van der Waals surface area (Å²) in [7, 11) is 2.74. The summed E-state index contributed by atoms with van der Waals surface area (Å²) in [5.74, 6) is -7.74. The molecule has 1 saturated carbocycles. The van der Waals surface area contributed by atoms with E-state index in [0.717, 1.165) is 21.9 Å². The lowest BCUT2D eigenvalue weighted by Crippen LogP contribution is -2.43. The molecule has 6 atom stereocenters. The molecule has 15 heteroatoms. The summed E-state index contributed by atoms with van der Waals surface area (Å²) in [5.41, 5.74) is 0.407. The maximum atomic E-state index is 14.4. The topological polar surface area (TPSA) is 200 Å². The Labute approximate surface area is 277 Å². The van der Waals surface area contributed by atoms with Crippen molar-refractivity contribution in [2.24, 2.45) is 29.6 Å². The number of nitro benzene ring substituents is 2. The van der Waals surface area contributed by atoms with Gasteiger partial charge in [0, 0.05) is 47.9 Å². The first-order valence-corrected chi connectivity index (χ1v) is 15.4. The first-order chi connectivity index (χ1) is 23.5. The predicted octanol–water partition coefficient (Wildman–Crippen LogP) is 4.27. The van der Waals surface area contributed by atoms with E-state index in [-0.39, 0.29) is 52.8 Å². The number of anilines is 2. The summed E-state index contributed by atoms with van der Waals surface area (Å²) in [6.07, 6.45) is 1.92. The van der Waals surface area contributed by atoms with E-state index in [1.165, 1.54) is 62.8 Å². The number of fused-ring (bicyclic) bond motifs is 4. The average molecular weight is 669 g/mol. The van der Waals surface area contributed by atoms with E-state index < -0.39 is 69.0 Å². The summed E-state index contributed by atoms with van der Waals surface area (Å²) < 4.78 is 11.3. The number of aromatic hydroxyl groups is 1. The maximum absolute atomic E-state index is 14.4. The molecule has 2 aliphatic carbocycles. The van der Waals surface area contributed by atoms with Crippen molar-refractivity contribution in [1.82, 2.24) is 0 Å². The van der Waals surface area contributed by atoms with E-state index in [1.807, 2.05) is 0 Å². The van der Waals surface area contributed by atoms with E-state index in [4.69, 9.17) is 9.47 Å². The number of benzene rings is 3. The number of amides is 4. The van der Waals surface area contributed by atoms with Gasteiger partial charge >= 0.3 is 0 Å². The fourth-order valence-electron chi connectivity index (χ4n) is 8.14. The lowest BCUT2D eigenvalue weighted by Gasteiger charge is -2.44. The summed E-state index contributed by atoms with van der Waals surface area (Å²) in [6, 6.07) is 13.1. The first kappa shape index (κ1) is 31.5. The molecule has 3 fully saturated rings. The van der Waals surface area contributed by atoms with Crippen molar-refractivity contribution in [2.45, 2.75) is 18.8 Å². The summed E-state index contributed by atoms with van der Waals surface area (Å²) in [6.45, 7) is 0. The second kappa shape index (κ2) is 11.5. The van der Waals surface area contributed by atoms with Crippen molar-refractivity contribution in [1.29, 1.82) is 0 Å². The molecule has 2 aliphatic heterocycles. The number of phenols is 1. The molecule has 0 aromatic heterocycles. The van der Waals surface area contributed by atoms with Crippen LogP contribution in [0.15, 0.2) is 72.3 Å². The Balaban J connectivity index is 1.38. The van der Waals surface area contributed by atoms with Gasteiger partial charge in [-0.3, -0.25) is 39.4 Å². The van der Waals surface area contributed by atoms with Crippen molar-refractivity contribution >= 4 is 46.4 Å². The van der Waals surface area contributed by atoms with E-state index >= 15 is 0 Å². The second-order valence-corrected chi connectivity index (χ2v) is 12.4. The number of allylic oxidation sites excluding steroid dienone is 2. The SMILES string of the molecule is COc1cc(O)cc(OC)c1C1C2=CCC3C(=O)N(c4cccc([N+](=O)[O-])c4)C(=O)C3C2CC2C(=O)N(c3cccc([N+](=O)[O-])c3)C(=O)C21. The number of non-ortho nitro benzene ring substituents is 2. The molecule has 0 radical (unpaired) electrons. The van der Waals surface area contributed by atoms with E-state index in [9.17, 15) is 44.5 Å². The summed E-state index contributed by atoms with van der Waals surface area (Å²) in [4.78, 5) is 80.4. The third kappa shape index (κ3) is 4.71. The molecule has 0 bridgehead atoms. The minimum absolute atomic E-state index is 0.00861. The van der Waals surface area contributed by atoms with E-state index in [0.29, 0.717) is 11.1 Å². The zero-order chi connectivity index (χ0) is 34.9. The molecule has 2 heterocycles. The number of carbonyl (C=O) groups excluding carboxylic acids is 4. The van der Waals surface area contributed by atoms with E-state index in [1.54, 1.807) is 6.08 Å². The normalized spacial score (nSPS) is 25.8. The van der Waals surface area contributed by atoms with Crippen LogP contribution in [-0.2, 0) is 19.2 Å². The minimum Gasteiger partial charge on any atom is -0.508 e. The Hall–Kier alpha value is -6.12. The number of nitrogens with zero attached hydrogens (tertiary/aromatic N) is 4. The number of ether oxygens (including phenoxy) is 2. The minimum atomic E-state index is -1.06. The van der Waals surface area contributed by atoms with Gasteiger partial charge in [-0.2, -0.15) is 0 Å². The van der Waals surface area contributed by atoms with Crippen LogP contribution in [0.5, 0.6) is 17.2 Å². The molecule has 1 N–H and O–H groups in total. The van der Waals surface area contributed by atoms with Crippen LogP contribution in [0.25, 0.3) is 0 Å². The molecule has 0 spiro atoms. The Morgan fingerprint density at radius 2 is 1.22 bits per heavy atom. The number of hydrogen-bond donors (Lipinski definition) is 1. The summed E-state index contributed by atoms with van der Waals surface area (Å²) in [5, 5.41) is 33.5. The number of methoxy groups -OCH3 is 2. The fourth-order valence-corrected chi connectivity index (χ4v) is 8.14. The van der Waals surface area contributed by atoms with Crippen LogP contribution >= 0.6 is 0 Å². The highest BCUT2D eigenvalue weighted by atomic mass is 16.6. The maximum Gasteiger partial charge on any atom is 0.271 e. The Bertz CT molecular complexity index is 2000. The highest BCUT2D eigenvalue weighted by molar-refractivity contribution is 6.24. The van der Waals surface area contributed by atoms with Crippen molar-refractivity contribution in [3.8, 4) is 17.2 Å². The second-order valence-electron chi connectivity index (χ2n) is 12.4. The molecule has 250 valence electrons.